The molecule has 2 rings (SSSR count). The van der Waals surface area contributed by atoms with Gasteiger partial charge in [-0.05, 0) is 12.1 Å². The summed E-state index contributed by atoms with van der Waals surface area (Å²) >= 11 is 0. The van der Waals surface area contributed by atoms with Crippen LogP contribution < -0.4 is 15.2 Å². The molecule has 1 saturated heterocycles. The molecule has 5 heteroatoms. The van der Waals surface area contributed by atoms with Gasteiger partial charge in [0.1, 0.15) is 6.61 Å². The lowest BCUT2D eigenvalue weighted by atomic mass is 10.3. The minimum absolute atomic E-state index is 0.0382. The van der Waals surface area contributed by atoms with Gasteiger partial charge in [-0.25, -0.2) is 0 Å². The second kappa shape index (κ2) is 5.73. The van der Waals surface area contributed by atoms with Crippen LogP contribution in [0.5, 0.6) is 11.5 Å². The number of nitrogens with zero attached hydrogens (tertiary/aromatic N) is 1. The van der Waals surface area contributed by atoms with E-state index in [1.807, 2.05) is 24.3 Å². The highest BCUT2D eigenvalue weighted by Crippen LogP contribution is 2.25. The number of rotatable bonds is 5. The monoisotopic (exact) mass is 250 g/mol. The summed E-state index contributed by atoms with van der Waals surface area (Å²) in [7, 11) is 1.60. The Balaban J connectivity index is 1.83. The molecule has 0 bridgehead atoms. The summed E-state index contributed by atoms with van der Waals surface area (Å²) < 4.78 is 10.8. The number of likely N-dealkylation sites (tertiary alicyclic amines) is 1. The topological polar surface area (TPSA) is 64.8 Å². The highest BCUT2D eigenvalue weighted by Gasteiger charge is 2.26. The first-order valence-electron chi connectivity index (χ1n) is 6.00. The van der Waals surface area contributed by atoms with Gasteiger partial charge in [0, 0.05) is 19.0 Å². The molecular formula is C13H18N2O3. The maximum absolute atomic E-state index is 11.5. The number of amides is 1. The lowest BCUT2D eigenvalue weighted by Gasteiger charge is -2.17. The summed E-state index contributed by atoms with van der Waals surface area (Å²) in [5, 5.41) is 0. The van der Waals surface area contributed by atoms with Crippen molar-refractivity contribution in [3.05, 3.63) is 24.3 Å². The van der Waals surface area contributed by atoms with Crippen molar-refractivity contribution >= 4 is 5.91 Å². The number of nitrogens with two attached hydrogens (primary N) is 1. The van der Waals surface area contributed by atoms with E-state index in [4.69, 9.17) is 15.2 Å². The molecule has 0 radical (unpaired) electrons. The Morgan fingerprint density at radius 2 is 2.11 bits per heavy atom. The fourth-order valence-corrected chi connectivity index (χ4v) is 2.02. The molecule has 0 aromatic heterocycles. The van der Waals surface area contributed by atoms with Crippen molar-refractivity contribution in [3.63, 3.8) is 0 Å². The molecule has 1 aliphatic heterocycles. The SMILES string of the molecule is COc1ccccc1OCCN1CC(N)CC1=O. The van der Waals surface area contributed by atoms with Crippen LogP contribution >= 0.6 is 0 Å². The number of hydrogen-bond donors (Lipinski definition) is 1. The maximum Gasteiger partial charge on any atom is 0.224 e. The lowest BCUT2D eigenvalue weighted by molar-refractivity contribution is -0.128. The van der Waals surface area contributed by atoms with Crippen LogP contribution in [0.4, 0.5) is 0 Å². The average Bonchev–Trinajstić information content (AvgIpc) is 2.68. The second-order valence-corrected chi connectivity index (χ2v) is 4.30. The first-order valence-corrected chi connectivity index (χ1v) is 6.00. The smallest absolute Gasteiger partial charge is 0.224 e. The molecule has 0 aliphatic carbocycles. The predicted molar refractivity (Wildman–Crippen MR) is 67.7 cm³/mol. The van der Waals surface area contributed by atoms with Gasteiger partial charge in [-0.2, -0.15) is 0 Å². The van der Waals surface area contributed by atoms with Gasteiger partial charge in [0.25, 0.3) is 0 Å². The van der Waals surface area contributed by atoms with Crippen LogP contribution in [0.1, 0.15) is 6.42 Å². The van der Waals surface area contributed by atoms with E-state index < -0.39 is 0 Å². The van der Waals surface area contributed by atoms with Crippen molar-refractivity contribution in [1.29, 1.82) is 0 Å². The number of ether oxygens (including phenoxy) is 2. The lowest BCUT2D eigenvalue weighted by Crippen LogP contribution is -2.31. The van der Waals surface area contributed by atoms with Gasteiger partial charge in [0.2, 0.25) is 5.91 Å². The third-order valence-electron chi connectivity index (χ3n) is 2.93. The molecule has 1 unspecified atom stereocenters. The molecule has 1 aliphatic rings. The van der Waals surface area contributed by atoms with Gasteiger partial charge < -0.3 is 20.1 Å². The van der Waals surface area contributed by atoms with Crippen molar-refractivity contribution in [2.75, 3.05) is 26.8 Å². The average molecular weight is 250 g/mol. The Morgan fingerprint density at radius 1 is 1.39 bits per heavy atom. The highest BCUT2D eigenvalue weighted by atomic mass is 16.5. The van der Waals surface area contributed by atoms with Gasteiger partial charge in [0.05, 0.1) is 13.7 Å². The first kappa shape index (κ1) is 12.7. The van der Waals surface area contributed by atoms with Gasteiger partial charge in [0.15, 0.2) is 11.5 Å². The number of methoxy groups -OCH3 is 1. The van der Waals surface area contributed by atoms with E-state index in [1.54, 1.807) is 12.0 Å². The van der Waals surface area contributed by atoms with Crippen molar-refractivity contribution in [1.82, 2.24) is 4.90 Å². The fourth-order valence-electron chi connectivity index (χ4n) is 2.02. The molecule has 1 heterocycles. The van der Waals surface area contributed by atoms with E-state index in [-0.39, 0.29) is 11.9 Å². The van der Waals surface area contributed by atoms with E-state index in [2.05, 4.69) is 0 Å². The zero-order chi connectivity index (χ0) is 13.0. The largest absolute Gasteiger partial charge is 0.493 e. The zero-order valence-corrected chi connectivity index (χ0v) is 10.5. The van der Waals surface area contributed by atoms with E-state index >= 15 is 0 Å². The second-order valence-electron chi connectivity index (χ2n) is 4.30. The maximum atomic E-state index is 11.5. The van der Waals surface area contributed by atoms with E-state index in [0.29, 0.717) is 37.6 Å². The van der Waals surface area contributed by atoms with Gasteiger partial charge in [-0.3, -0.25) is 4.79 Å². The van der Waals surface area contributed by atoms with E-state index in [9.17, 15) is 4.79 Å². The Hall–Kier alpha value is -1.75. The zero-order valence-electron chi connectivity index (χ0n) is 10.5. The van der Waals surface area contributed by atoms with Gasteiger partial charge in [-0.15, -0.1) is 0 Å². The summed E-state index contributed by atoms with van der Waals surface area (Å²) in [5.74, 6) is 1.49. The normalized spacial score (nSPS) is 19.1. The summed E-state index contributed by atoms with van der Waals surface area (Å²) in [5.41, 5.74) is 5.72. The summed E-state index contributed by atoms with van der Waals surface area (Å²) in [6.07, 6.45) is 0.439. The van der Waals surface area contributed by atoms with Gasteiger partial charge >= 0.3 is 0 Å². The van der Waals surface area contributed by atoms with Gasteiger partial charge in [-0.1, -0.05) is 12.1 Å². The van der Waals surface area contributed by atoms with Crippen molar-refractivity contribution < 1.29 is 14.3 Å². The van der Waals surface area contributed by atoms with Crippen LogP contribution in [-0.4, -0.2) is 43.7 Å². The standard InChI is InChI=1S/C13H18N2O3/c1-17-11-4-2-3-5-12(11)18-7-6-15-9-10(14)8-13(15)16/h2-5,10H,6-9,14H2,1H3. The quantitative estimate of drug-likeness (QED) is 0.832. The molecule has 1 atom stereocenters. The molecule has 2 N–H and O–H groups in total. The Bertz CT molecular complexity index is 422. The van der Waals surface area contributed by atoms with Crippen LogP contribution in [0.3, 0.4) is 0 Å². The van der Waals surface area contributed by atoms with Crippen LogP contribution in [0.15, 0.2) is 24.3 Å². The molecule has 1 aromatic carbocycles. The fraction of sp³-hybridized carbons (Fsp3) is 0.462. The van der Waals surface area contributed by atoms with Crippen molar-refractivity contribution in [2.45, 2.75) is 12.5 Å². The molecule has 18 heavy (non-hydrogen) atoms. The number of benzene rings is 1. The third kappa shape index (κ3) is 2.92. The summed E-state index contributed by atoms with van der Waals surface area (Å²) in [4.78, 5) is 13.3. The minimum atomic E-state index is -0.0382. The Morgan fingerprint density at radius 3 is 2.72 bits per heavy atom. The van der Waals surface area contributed by atoms with Crippen LogP contribution in [-0.2, 0) is 4.79 Å². The van der Waals surface area contributed by atoms with Crippen molar-refractivity contribution in [2.24, 2.45) is 5.73 Å². The first-order chi connectivity index (χ1) is 8.70. The van der Waals surface area contributed by atoms with E-state index in [1.165, 1.54) is 0 Å². The summed E-state index contributed by atoms with van der Waals surface area (Å²) in [6.45, 7) is 1.62. The summed E-state index contributed by atoms with van der Waals surface area (Å²) in [6, 6.07) is 7.41. The van der Waals surface area contributed by atoms with Crippen molar-refractivity contribution in [3.8, 4) is 11.5 Å². The minimum Gasteiger partial charge on any atom is -0.493 e. The number of carbonyl (C=O) groups is 1. The molecule has 1 fully saturated rings. The molecular weight excluding hydrogens is 232 g/mol. The number of carbonyl (C=O) groups excluding carboxylic acids is 1. The molecule has 0 spiro atoms. The molecule has 1 amide bonds. The van der Waals surface area contributed by atoms with Crippen LogP contribution in [0.2, 0.25) is 0 Å². The molecule has 1 aromatic rings. The Labute approximate surface area is 106 Å². The molecule has 5 nitrogen and oxygen atoms in total. The predicted octanol–water partition coefficient (Wildman–Crippen LogP) is 0.634. The molecule has 98 valence electrons. The highest BCUT2D eigenvalue weighted by molar-refractivity contribution is 5.79. The van der Waals surface area contributed by atoms with E-state index in [0.717, 1.165) is 0 Å². The van der Waals surface area contributed by atoms with Crippen LogP contribution in [0.25, 0.3) is 0 Å². The molecule has 0 saturated carbocycles. The Kier molecular flexibility index (Phi) is 4.04. The third-order valence-corrected chi connectivity index (χ3v) is 2.93. The number of para-hydroxylation sites is 2. The number of hydrogen-bond acceptors (Lipinski definition) is 4. The van der Waals surface area contributed by atoms with Crippen LogP contribution in [0, 0.1) is 0 Å².